The predicted octanol–water partition coefficient (Wildman–Crippen LogP) is 3.50. The lowest BCUT2D eigenvalue weighted by atomic mass is 10.1. The summed E-state index contributed by atoms with van der Waals surface area (Å²) in [6.45, 7) is 4.19. The molecule has 0 bridgehead atoms. The van der Waals surface area contributed by atoms with Crippen LogP contribution in [0, 0.1) is 6.92 Å². The first kappa shape index (κ1) is 11.0. The molecule has 1 unspecified atom stereocenters. The Hall–Kier alpha value is -2.09. The Morgan fingerprint density at radius 3 is 2.56 bits per heavy atom. The lowest BCUT2D eigenvalue weighted by Crippen LogP contribution is -2.30. The van der Waals surface area contributed by atoms with Gasteiger partial charge in [0.25, 0.3) is 6.23 Å². The molecule has 0 aromatic heterocycles. The molecule has 1 heterocycles. The van der Waals surface area contributed by atoms with Gasteiger partial charge >= 0.3 is 0 Å². The molecule has 1 aliphatic heterocycles. The fourth-order valence-electron chi connectivity index (χ4n) is 2.31. The molecule has 2 nitrogen and oxygen atoms in total. The van der Waals surface area contributed by atoms with E-state index < -0.39 is 0 Å². The van der Waals surface area contributed by atoms with E-state index in [1.807, 2.05) is 18.2 Å². The van der Waals surface area contributed by atoms with E-state index in [-0.39, 0.29) is 6.23 Å². The zero-order valence-electron chi connectivity index (χ0n) is 10.6. The van der Waals surface area contributed by atoms with Crippen LogP contribution in [0.1, 0.15) is 18.1 Å². The summed E-state index contributed by atoms with van der Waals surface area (Å²) in [5.41, 5.74) is 3.57. The third kappa shape index (κ3) is 1.80. The van der Waals surface area contributed by atoms with E-state index in [1.165, 1.54) is 11.3 Å². The number of nitrogens with zero attached hydrogens (tertiary/aromatic N) is 1. The fourth-order valence-corrected chi connectivity index (χ4v) is 2.31. The summed E-state index contributed by atoms with van der Waals surface area (Å²) in [4.78, 5) is 0. The van der Waals surface area contributed by atoms with E-state index in [1.54, 1.807) is 0 Å². The van der Waals surface area contributed by atoms with Crippen LogP contribution < -0.4 is 4.74 Å². The van der Waals surface area contributed by atoms with E-state index >= 15 is 0 Å². The molecule has 2 aromatic carbocycles. The van der Waals surface area contributed by atoms with Gasteiger partial charge < -0.3 is 4.74 Å². The van der Waals surface area contributed by atoms with Crippen LogP contribution in [0.3, 0.4) is 0 Å². The molecule has 0 fully saturated rings. The number of fused-ring (bicyclic) bond motifs is 1. The fraction of sp³-hybridized carbons (Fsp3) is 0.188. The molecule has 0 amide bonds. The van der Waals surface area contributed by atoms with E-state index in [2.05, 4.69) is 55.0 Å². The first-order chi connectivity index (χ1) is 8.75. The van der Waals surface area contributed by atoms with Crippen LogP contribution in [0.2, 0.25) is 0 Å². The summed E-state index contributed by atoms with van der Waals surface area (Å²) in [6.07, 6.45) is 2.17. The highest BCUT2D eigenvalue weighted by Crippen LogP contribution is 2.27. The van der Waals surface area contributed by atoms with Crippen molar-refractivity contribution < 1.29 is 9.31 Å². The van der Waals surface area contributed by atoms with Crippen LogP contribution >= 0.6 is 0 Å². The van der Waals surface area contributed by atoms with E-state index in [0.29, 0.717) is 0 Å². The highest BCUT2D eigenvalue weighted by molar-refractivity contribution is 5.81. The Labute approximate surface area is 107 Å². The van der Waals surface area contributed by atoms with Crippen LogP contribution in [0.15, 0.2) is 48.5 Å². The van der Waals surface area contributed by atoms with Crippen molar-refractivity contribution in [1.82, 2.24) is 0 Å². The quantitative estimate of drug-likeness (QED) is 0.693. The van der Waals surface area contributed by atoms with Crippen molar-refractivity contribution in [2.75, 3.05) is 0 Å². The van der Waals surface area contributed by atoms with Gasteiger partial charge in [0.15, 0.2) is 6.21 Å². The molecule has 18 heavy (non-hydrogen) atoms. The van der Waals surface area contributed by atoms with Gasteiger partial charge in [-0.1, -0.05) is 30.3 Å². The maximum atomic E-state index is 5.95. The lowest BCUT2D eigenvalue weighted by molar-refractivity contribution is -0.522. The Morgan fingerprint density at radius 1 is 1.00 bits per heavy atom. The van der Waals surface area contributed by atoms with Crippen LogP contribution in [0.5, 0.6) is 5.75 Å². The van der Waals surface area contributed by atoms with Gasteiger partial charge in [-0.05, 0) is 19.1 Å². The van der Waals surface area contributed by atoms with Gasteiger partial charge in [0, 0.05) is 18.6 Å². The monoisotopic (exact) mass is 238 g/mol. The van der Waals surface area contributed by atoms with Gasteiger partial charge in [0.05, 0.1) is 5.56 Å². The molecular formula is C16H16NO+. The zero-order valence-corrected chi connectivity index (χ0v) is 10.6. The van der Waals surface area contributed by atoms with Gasteiger partial charge in [-0.3, -0.25) is 0 Å². The molecule has 2 aromatic rings. The summed E-state index contributed by atoms with van der Waals surface area (Å²) in [7, 11) is 0. The smallest absolute Gasteiger partial charge is 0.299 e. The van der Waals surface area contributed by atoms with E-state index in [9.17, 15) is 0 Å². The average molecular weight is 238 g/mol. The lowest BCUT2D eigenvalue weighted by Gasteiger charge is -2.20. The topological polar surface area (TPSA) is 12.2 Å². The Balaban J connectivity index is 2.13. The van der Waals surface area contributed by atoms with Crippen molar-refractivity contribution >= 4 is 11.9 Å². The minimum atomic E-state index is 0.0148. The SMILES string of the molecule is Cc1ccccc1[N+]1=Cc2ccccc2OC1C. The Kier molecular flexibility index (Phi) is 2.63. The minimum Gasteiger partial charge on any atom is -0.433 e. The highest BCUT2D eigenvalue weighted by atomic mass is 16.5. The van der Waals surface area contributed by atoms with Crippen molar-refractivity contribution in [2.45, 2.75) is 20.1 Å². The second-order valence-corrected chi connectivity index (χ2v) is 4.58. The van der Waals surface area contributed by atoms with Crippen LogP contribution in [-0.2, 0) is 0 Å². The minimum absolute atomic E-state index is 0.0148. The standard InChI is InChI=1S/C16H16NO/c1-12-7-3-5-9-15(12)17-11-14-8-4-6-10-16(14)18-13(17)2/h3-11,13H,1-2H3/q+1. The Bertz CT molecular complexity index is 616. The first-order valence-electron chi connectivity index (χ1n) is 6.20. The van der Waals surface area contributed by atoms with Crippen molar-refractivity contribution in [2.24, 2.45) is 0 Å². The van der Waals surface area contributed by atoms with Gasteiger partial charge in [0.2, 0.25) is 5.69 Å². The molecule has 0 saturated carbocycles. The van der Waals surface area contributed by atoms with Gasteiger partial charge in [-0.25, -0.2) is 0 Å². The van der Waals surface area contributed by atoms with Crippen molar-refractivity contribution in [1.29, 1.82) is 0 Å². The third-order valence-corrected chi connectivity index (χ3v) is 3.28. The largest absolute Gasteiger partial charge is 0.433 e. The second kappa shape index (κ2) is 4.30. The normalized spacial score (nSPS) is 17.7. The zero-order chi connectivity index (χ0) is 12.5. The number of ether oxygens (including phenoxy) is 1. The number of para-hydroxylation sites is 2. The number of rotatable bonds is 1. The van der Waals surface area contributed by atoms with E-state index in [0.717, 1.165) is 11.3 Å². The van der Waals surface area contributed by atoms with Crippen LogP contribution in [-0.4, -0.2) is 17.0 Å². The summed E-state index contributed by atoms with van der Waals surface area (Å²) in [5.74, 6) is 0.954. The molecule has 2 heteroatoms. The first-order valence-corrected chi connectivity index (χ1v) is 6.20. The molecule has 1 aliphatic rings. The molecule has 0 N–H and O–H groups in total. The number of hydrogen-bond acceptors (Lipinski definition) is 1. The summed E-state index contributed by atoms with van der Waals surface area (Å²) in [6, 6.07) is 16.5. The molecule has 0 radical (unpaired) electrons. The Morgan fingerprint density at radius 2 is 1.72 bits per heavy atom. The molecular weight excluding hydrogens is 222 g/mol. The van der Waals surface area contributed by atoms with Crippen LogP contribution in [0.4, 0.5) is 5.69 Å². The van der Waals surface area contributed by atoms with Gasteiger partial charge in [0.1, 0.15) is 5.75 Å². The number of benzene rings is 2. The van der Waals surface area contributed by atoms with Crippen LogP contribution in [0.25, 0.3) is 0 Å². The van der Waals surface area contributed by atoms with Gasteiger partial charge in [-0.2, -0.15) is 4.58 Å². The van der Waals surface area contributed by atoms with Gasteiger partial charge in [-0.15, -0.1) is 0 Å². The second-order valence-electron chi connectivity index (χ2n) is 4.58. The summed E-state index contributed by atoms with van der Waals surface area (Å²) < 4.78 is 8.13. The molecule has 0 spiro atoms. The number of hydrogen-bond donors (Lipinski definition) is 0. The maximum absolute atomic E-state index is 5.95. The average Bonchev–Trinajstić information content (AvgIpc) is 2.39. The maximum Gasteiger partial charge on any atom is 0.299 e. The number of aryl methyl sites for hydroxylation is 1. The van der Waals surface area contributed by atoms with Crippen molar-refractivity contribution in [3.05, 3.63) is 59.7 Å². The predicted molar refractivity (Wildman–Crippen MR) is 72.8 cm³/mol. The molecule has 0 saturated heterocycles. The molecule has 1 atom stereocenters. The van der Waals surface area contributed by atoms with Crippen molar-refractivity contribution in [3.8, 4) is 5.75 Å². The molecule has 3 rings (SSSR count). The van der Waals surface area contributed by atoms with E-state index in [4.69, 9.17) is 4.74 Å². The summed E-state index contributed by atoms with van der Waals surface area (Å²) in [5, 5.41) is 0. The third-order valence-electron chi connectivity index (χ3n) is 3.28. The molecule has 90 valence electrons. The molecule has 0 aliphatic carbocycles. The summed E-state index contributed by atoms with van der Waals surface area (Å²) >= 11 is 0. The van der Waals surface area contributed by atoms with Crippen molar-refractivity contribution in [3.63, 3.8) is 0 Å². The highest BCUT2D eigenvalue weighted by Gasteiger charge is 2.27.